The fourth-order valence-corrected chi connectivity index (χ4v) is 8.87. The SMILES string of the molecule is C=C(CCC(C)C1CCC2C3=CCC4C(CO)C(O)CCC4(C)C3CCC21C)C(C)C. The van der Waals surface area contributed by atoms with Crippen LogP contribution in [0.15, 0.2) is 23.8 Å². The monoisotopic (exact) mass is 428 g/mol. The molecule has 3 fully saturated rings. The van der Waals surface area contributed by atoms with Crippen molar-refractivity contribution in [2.24, 2.45) is 52.3 Å². The predicted octanol–water partition coefficient (Wildman–Crippen LogP) is 6.77. The van der Waals surface area contributed by atoms with Gasteiger partial charge < -0.3 is 10.2 Å². The zero-order valence-electron chi connectivity index (χ0n) is 20.9. The topological polar surface area (TPSA) is 40.5 Å². The van der Waals surface area contributed by atoms with Crippen LogP contribution in [-0.4, -0.2) is 22.9 Å². The van der Waals surface area contributed by atoms with Crippen LogP contribution in [-0.2, 0) is 0 Å². The van der Waals surface area contributed by atoms with Gasteiger partial charge in [0.05, 0.1) is 6.10 Å². The van der Waals surface area contributed by atoms with Crippen molar-refractivity contribution in [3.05, 3.63) is 23.8 Å². The molecule has 0 aliphatic heterocycles. The smallest absolute Gasteiger partial charge is 0.0593 e. The van der Waals surface area contributed by atoms with Crippen LogP contribution in [0, 0.1) is 52.3 Å². The van der Waals surface area contributed by atoms with Gasteiger partial charge in [-0.2, -0.15) is 0 Å². The average Bonchev–Trinajstić information content (AvgIpc) is 3.09. The summed E-state index contributed by atoms with van der Waals surface area (Å²) in [5.74, 6) is 4.14. The molecule has 0 aromatic carbocycles. The third kappa shape index (κ3) is 3.78. The standard InChI is InChI=1S/C29H48O2/c1-18(2)19(3)7-8-20(4)23-11-12-24-21-9-10-25-22(17-30)27(31)14-16-29(25,6)26(21)13-15-28(23,24)5/h9,18,20,22-27,30-31H,3,7-8,10-17H2,1-2,4-6H3. The number of rotatable bonds is 6. The summed E-state index contributed by atoms with van der Waals surface area (Å²) in [7, 11) is 0. The van der Waals surface area contributed by atoms with Crippen molar-refractivity contribution < 1.29 is 10.2 Å². The second-order valence-electron chi connectivity index (χ2n) is 12.7. The maximum absolute atomic E-state index is 10.5. The fourth-order valence-electron chi connectivity index (χ4n) is 8.87. The Labute approximate surface area is 191 Å². The Bertz CT molecular complexity index is 708. The van der Waals surface area contributed by atoms with E-state index in [1.54, 1.807) is 5.57 Å². The molecule has 9 atom stereocenters. The number of hydrogen-bond acceptors (Lipinski definition) is 2. The van der Waals surface area contributed by atoms with Crippen molar-refractivity contribution >= 4 is 0 Å². The minimum absolute atomic E-state index is 0.0651. The van der Waals surface area contributed by atoms with Gasteiger partial charge in [0.15, 0.2) is 0 Å². The van der Waals surface area contributed by atoms with E-state index in [0.717, 1.165) is 37.0 Å². The van der Waals surface area contributed by atoms with Crippen molar-refractivity contribution in [1.29, 1.82) is 0 Å². The molecule has 0 spiro atoms. The van der Waals surface area contributed by atoms with Crippen molar-refractivity contribution in [1.82, 2.24) is 0 Å². The van der Waals surface area contributed by atoms with Crippen LogP contribution in [0.1, 0.15) is 92.4 Å². The summed E-state index contributed by atoms with van der Waals surface area (Å²) < 4.78 is 0. The molecule has 9 unspecified atom stereocenters. The van der Waals surface area contributed by atoms with Gasteiger partial charge in [-0.05, 0) is 104 Å². The van der Waals surface area contributed by atoms with Crippen LogP contribution in [0.5, 0.6) is 0 Å². The lowest BCUT2D eigenvalue weighted by Gasteiger charge is -2.59. The van der Waals surface area contributed by atoms with E-state index in [1.165, 1.54) is 44.1 Å². The van der Waals surface area contributed by atoms with Crippen LogP contribution in [0.25, 0.3) is 0 Å². The highest BCUT2D eigenvalue weighted by atomic mass is 16.3. The molecule has 4 aliphatic carbocycles. The first-order chi connectivity index (χ1) is 14.6. The minimum Gasteiger partial charge on any atom is -0.396 e. The molecule has 0 amide bonds. The van der Waals surface area contributed by atoms with E-state index in [-0.39, 0.29) is 24.0 Å². The van der Waals surface area contributed by atoms with Crippen molar-refractivity contribution in [2.75, 3.05) is 6.61 Å². The van der Waals surface area contributed by atoms with Gasteiger partial charge >= 0.3 is 0 Å². The van der Waals surface area contributed by atoms with Gasteiger partial charge in [0.2, 0.25) is 0 Å². The van der Waals surface area contributed by atoms with E-state index in [2.05, 4.69) is 47.3 Å². The summed E-state index contributed by atoms with van der Waals surface area (Å²) in [5, 5.41) is 20.6. The molecule has 4 aliphatic rings. The summed E-state index contributed by atoms with van der Waals surface area (Å²) in [5.41, 5.74) is 3.91. The lowest BCUT2D eigenvalue weighted by Crippen LogP contribution is -2.53. The van der Waals surface area contributed by atoms with Gasteiger partial charge in [-0.3, -0.25) is 0 Å². The van der Waals surface area contributed by atoms with E-state index in [4.69, 9.17) is 0 Å². The average molecular weight is 429 g/mol. The number of hydrogen-bond donors (Lipinski definition) is 2. The molecule has 0 heterocycles. The van der Waals surface area contributed by atoms with E-state index in [9.17, 15) is 10.2 Å². The third-order valence-corrected chi connectivity index (χ3v) is 11.1. The van der Waals surface area contributed by atoms with E-state index >= 15 is 0 Å². The summed E-state index contributed by atoms with van der Waals surface area (Å²) in [4.78, 5) is 0. The molecule has 176 valence electrons. The van der Waals surface area contributed by atoms with Crippen LogP contribution < -0.4 is 0 Å². The highest BCUT2D eigenvalue weighted by Gasteiger charge is 2.59. The first-order valence-electron chi connectivity index (χ1n) is 13.3. The van der Waals surface area contributed by atoms with Gasteiger partial charge in [-0.15, -0.1) is 0 Å². The molecule has 0 radical (unpaired) electrons. The van der Waals surface area contributed by atoms with Crippen LogP contribution in [0.4, 0.5) is 0 Å². The van der Waals surface area contributed by atoms with Gasteiger partial charge in [0.25, 0.3) is 0 Å². The normalized spacial score (nSPS) is 45.5. The molecule has 2 N–H and O–H groups in total. The number of fused-ring (bicyclic) bond motifs is 5. The number of allylic oxidation sites excluding steroid dienone is 3. The Morgan fingerprint density at radius 3 is 2.42 bits per heavy atom. The van der Waals surface area contributed by atoms with Crippen molar-refractivity contribution in [3.8, 4) is 0 Å². The summed E-state index contributed by atoms with van der Waals surface area (Å²) in [6.45, 7) is 16.6. The van der Waals surface area contributed by atoms with Crippen LogP contribution in [0.3, 0.4) is 0 Å². The second kappa shape index (κ2) is 8.64. The van der Waals surface area contributed by atoms with Gasteiger partial charge in [0.1, 0.15) is 0 Å². The molecular weight excluding hydrogens is 380 g/mol. The minimum atomic E-state index is -0.316. The molecule has 0 saturated heterocycles. The molecule has 2 heteroatoms. The van der Waals surface area contributed by atoms with E-state index < -0.39 is 0 Å². The van der Waals surface area contributed by atoms with E-state index in [1.807, 2.05) is 0 Å². The van der Waals surface area contributed by atoms with Crippen molar-refractivity contribution in [2.45, 2.75) is 98.5 Å². The highest BCUT2D eigenvalue weighted by Crippen LogP contribution is 2.67. The van der Waals surface area contributed by atoms with Crippen molar-refractivity contribution in [3.63, 3.8) is 0 Å². The largest absolute Gasteiger partial charge is 0.396 e. The Morgan fingerprint density at radius 1 is 1.06 bits per heavy atom. The molecule has 0 aromatic rings. The number of aliphatic hydroxyl groups excluding tert-OH is 2. The van der Waals surface area contributed by atoms with Gasteiger partial charge in [-0.1, -0.05) is 58.4 Å². The third-order valence-electron chi connectivity index (χ3n) is 11.1. The maximum atomic E-state index is 10.5. The Morgan fingerprint density at radius 2 is 1.74 bits per heavy atom. The van der Waals surface area contributed by atoms with Gasteiger partial charge in [0, 0.05) is 12.5 Å². The molecule has 3 saturated carbocycles. The quantitative estimate of drug-likeness (QED) is 0.458. The molecule has 4 rings (SSSR count). The fraction of sp³-hybridized carbons (Fsp3) is 0.862. The van der Waals surface area contributed by atoms with Crippen LogP contribution >= 0.6 is 0 Å². The first-order valence-corrected chi connectivity index (χ1v) is 13.3. The Kier molecular flexibility index (Phi) is 6.56. The second-order valence-corrected chi connectivity index (χ2v) is 12.7. The lowest BCUT2D eigenvalue weighted by atomic mass is 9.46. The Balaban J connectivity index is 1.53. The molecule has 2 nitrogen and oxygen atoms in total. The first kappa shape index (κ1) is 23.6. The summed E-state index contributed by atoms with van der Waals surface area (Å²) in [6.07, 6.45) is 13.2. The molecule has 31 heavy (non-hydrogen) atoms. The van der Waals surface area contributed by atoms with Crippen LogP contribution in [0.2, 0.25) is 0 Å². The zero-order chi connectivity index (χ0) is 22.6. The van der Waals surface area contributed by atoms with Gasteiger partial charge in [-0.25, -0.2) is 0 Å². The molecule has 0 bridgehead atoms. The summed E-state index contributed by atoms with van der Waals surface area (Å²) in [6, 6.07) is 0. The van der Waals surface area contributed by atoms with E-state index in [0.29, 0.717) is 23.2 Å². The Hall–Kier alpha value is -0.600. The molecule has 0 aromatic heterocycles. The maximum Gasteiger partial charge on any atom is 0.0593 e. The molecular formula is C29H48O2. The predicted molar refractivity (Wildman–Crippen MR) is 130 cm³/mol. The zero-order valence-corrected chi connectivity index (χ0v) is 20.9. The lowest BCUT2D eigenvalue weighted by molar-refractivity contribution is -0.0972. The number of aliphatic hydroxyl groups is 2. The highest BCUT2D eigenvalue weighted by molar-refractivity contribution is 5.28. The summed E-state index contributed by atoms with van der Waals surface area (Å²) >= 11 is 0.